The van der Waals surface area contributed by atoms with Crippen molar-refractivity contribution < 1.29 is 24.1 Å². The van der Waals surface area contributed by atoms with Crippen molar-refractivity contribution in [3.05, 3.63) is 118 Å². The molecule has 3 aromatic rings. The Hall–Kier alpha value is -5.12. The lowest BCUT2D eigenvalue weighted by Gasteiger charge is -2.13. The van der Waals surface area contributed by atoms with Gasteiger partial charge in [-0.15, -0.1) is 0 Å². The Morgan fingerprint density at radius 3 is 2.38 bits per heavy atom. The summed E-state index contributed by atoms with van der Waals surface area (Å²) in [6.45, 7) is 0.870. The molecule has 0 spiro atoms. The van der Waals surface area contributed by atoms with Gasteiger partial charge < -0.3 is 25.3 Å². The molecule has 234 valence electrons. The molecule has 0 aliphatic carbocycles. The number of hydrogen-bond acceptors (Lipinski definition) is 5. The Balaban J connectivity index is 1.25. The van der Waals surface area contributed by atoms with Crippen LogP contribution in [-0.2, 0) is 12.8 Å². The molecule has 3 aromatic carbocycles. The minimum atomic E-state index is -0.994. The fraction of sp³-hybridized carbons (Fsp3) is 0.286. The minimum absolute atomic E-state index is 0.152. The number of halogens is 1. The van der Waals surface area contributed by atoms with E-state index in [0.717, 1.165) is 55.3 Å². The molecule has 45 heavy (non-hydrogen) atoms. The first-order chi connectivity index (χ1) is 21.9. The summed E-state index contributed by atoms with van der Waals surface area (Å²) in [6, 6.07) is 21.4. The average Bonchev–Trinajstić information content (AvgIpc) is 3.34. The van der Waals surface area contributed by atoms with Gasteiger partial charge in [0.15, 0.2) is 17.4 Å². The molecule has 5 rings (SSSR count). The van der Waals surface area contributed by atoms with Crippen LogP contribution in [0.3, 0.4) is 0 Å². The molecule has 4 N–H and O–H groups in total. The van der Waals surface area contributed by atoms with Crippen molar-refractivity contribution in [1.29, 1.82) is 0 Å². The van der Waals surface area contributed by atoms with Crippen molar-refractivity contribution in [1.82, 2.24) is 19.9 Å². The van der Waals surface area contributed by atoms with Crippen LogP contribution in [0.15, 0.2) is 83.8 Å². The van der Waals surface area contributed by atoms with Gasteiger partial charge in [0.05, 0.1) is 18.0 Å². The fourth-order valence-corrected chi connectivity index (χ4v) is 5.28. The smallest absolute Gasteiger partial charge is 0.404 e. The zero-order valence-corrected chi connectivity index (χ0v) is 25.0. The third kappa shape index (κ3) is 8.50. The maximum Gasteiger partial charge on any atom is 0.404 e. The standard InChI is InChI=1S/C35H37FN4O5/c36-28-20-25(12-17-32(28)45-19-9-4-2-1-3-8-18-37-35(43)44)22-30-34(42)40-23-31(26-13-15-27(41)16-14-26)38-29(33(40)39-30)21-24-10-6-5-7-11-24/h5-7,10-17,20,23,37-38,41H,1-4,8-9,18-19,21-22H2,(H,43,44). The minimum Gasteiger partial charge on any atom is -0.508 e. The molecule has 0 aromatic heterocycles. The van der Waals surface area contributed by atoms with E-state index in [1.165, 1.54) is 10.6 Å². The van der Waals surface area contributed by atoms with Gasteiger partial charge in [-0.1, -0.05) is 62.1 Å². The highest BCUT2D eigenvalue weighted by atomic mass is 19.1. The van der Waals surface area contributed by atoms with E-state index in [-0.39, 0.29) is 23.5 Å². The molecule has 2 heterocycles. The number of aromatic amines is 1. The number of phenols is 1. The van der Waals surface area contributed by atoms with Gasteiger partial charge in [0.1, 0.15) is 11.4 Å². The van der Waals surface area contributed by atoms with Gasteiger partial charge in [-0.3, -0.25) is 9.36 Å². The number of hydrogen-bond donors (Lipinski definition) is 4. The quantitative estimate of drug-likeness (QED) is 0.0977. The normalized spacial score (nSPS) is 11.1. The summed E-state index contributed by atoms with van der Waals surface area (Å²) in [7, 11) is 0. The van der Waals surface area contributed by atoms with E-state index >= 15 is 0 Å². The van der Waals surface area contributed by atoms with Crippen LogP contribution in [-0.4, -0.2) is 44.0 Å². The highest BCUT2D eigenvalue weighted by molar-refractivity contribution is 5.64. The van der Waals surface area contributed by atoms with Crippen molar-refractivity contribution in [3.63, 3.8) is 0 Å². The molecule has 0 atom stereocenters. The number of amides is 1. The van der Waals surface area contributed by atoms with Crippen LogP contribution >= 0.6 is 0 Å². The summed E-state index contributed by atoms with van der Waals surface area (Å²) in [5.41, 5.74) is 3.99. The topological polar surface area (TPSA) is 129 Å². The number of rotatable bonds is 15. The van der Waals surface area contributed by atoms with Gasteiger partial charge in [0.2, 0.25) is 0 Å². The molecule has 10 heteroatoms. The largest absolute Gasteiger partial charge is 0.508 e. The number of ether oxygens (including phenoxy) is 1. The van der Waals surface area contributed by atoms with Crippen molar-refractivity contribution >= 4 is 6.09 Å². The number of nitrogens with one attached hydrogen (secondary N) is 2. The number of unbranched alkanes of at least 4 members (excludes halogenated alkanes) is 5. The highest BCUT2D eigenvalue weighted by Crippen LogP contribution is 2.26. The molecule has 2 aliphatic rings. The average molecular weight is 613 g/mol. The molecule has 2 aliphatic heterocycles. The molecular formula is C35H37FN4O5. The number of phenolic OH excluding ortho intramolecular Hbond substituents is 1. The van der Waals surface area contributed by atoms with Crippen molar-refractivity contribution in [2.24, 2.45) is 0 Å². The van der Waals surface area contributed by atoms with E-state index in [2.05, 4.69) is 10.3 Å². The number of H-pyrrole nitrogens is 1. The second-order valence-corrected chi connectivity index (χ2v) is 11.1. The number of carbonyl (C=O) groups is 1. The lowest BCUT2D eigenvalue weighted by molar-refractivity contribution is 0.194. The first-order valence-corrected chi connectivity index (χ1v) is 15.2. The Bertz CT molecular complexity index is 1730. The van der Waals surface area contributed by atoms with E-state index < -0.39 is 11.9 Å². The van der Waals surface area contributed by atoms with E-state index in [9.17, 15) is 19.1 Å². The zero-order valence-electron chi connectivity index (χ0n) is 25.0. The van der Waals surface area contributed by atoms with Crippen LogP contribution < -0.4 is 15.6 Å². The maximum atomic E-state index is 14.9. The SMILES string of the molecule is O=C(O)NCCCCCCCCOc1ccc(Cc2nc3c(Cc4ccccc4)[nH]c(-c4ccc(O)cc4)cn-3c2=O)cc1F. The second kappa shape index (κ2) is 15.1. The van der Waals surface area contributed by atoms with Gasteiger partial charge in [0, 0.05) is 25.6 Å². The van der Waals surface area contributed by atoms with Crippen LogP contribution in [0.25, 0.3) is 17.1 Å². The maximum absolute atomic E-state index is 14.9. The van der Waals surface area contributed by atoms with Gasteiger partial charge in [-0.05, 0) is 65.9 Å². The number of nitrogens with zero attached hydrogens (tertiary/aromatic N) is 2. The molecule has 0 unspecified atom stereocenters. The summed E-state index contributed by atoms with van der Waals surface area (Å²) < 4.78 is 22.1. The number of imidazole rings is 1. The predicted molar refractivity (Wildman–Crippen MR) is 170 cm³/mol. The summed E-state index contributed by atoms with van der Waals surface area (Å²) in [6.07, 6.45) is 6.95. The summed E-state index contributed by atoms with van der Waals surface area (Å²) in [5.74, 6) is 0.356. The number of benzene rings is 3. The first kappa shape index (κ1) is 31.3. The fourth-order valence-electron chi connectivity index (χ4n) is 5.28. The van der Waals surface area contributed by atoms with Crippen LogP contribution in [0.1, 0.15) is 61.0 Å². The second-order valence-electron chi connectivity index (χ2n) is 11.1. The van der Waals surface area contributed by atoms with Gasteiger partial charge in [-0.2, -0.15) is 0 Å². The third-order valence-electron chi connectivity index (χ3n) is 7.62. The van der Waals surface area contributed by atoms with Crippen LogP contribution in [0.2, 0.25) is 0 Å². The molecular weight excluding hydrogens is 575 g/mol. The Morgan fingerprint density at radius 1 is 0.911 bits per heavy atom. The molecule has 0 saturated heterocycles. The molecule has 1 amide bonds. The number of aromatic nitrogens is 3. The molecule has 0 radical (unpaired) electrons. The van der Waals surface area contributed by atoms with E-state index in [1.54, 1.807) is 42.6 Å². The number of carboxylic acid groups (broad SMARTS) is 1. The molecule has 0 saturated carbocycles. The Morgan fingerprint density at radius 2 is 1.64 bits per heavy atom. The number of aromatic hydroxyl groups is 1. The van der Waals surface area contributed by atoms with E-state index in [0.29, 0.717) is 42.3 Å². The lowest BCUT2D eigenvalue weighted by Crippen LogP contribution is -2.21. The molecule has 0 bridgehead atoms. The lowest BCUT2D eigenvalue weighted by atomic mass is 10.1. The summed E-state index contributed by atoms with van der Waals surface area (Å²) in [5, 5.41) is 20.7. The molecule has 0 fully saturated rings. The molecule has 9 nitrogen and oxygen atoms in total. The van der Waals surface area contributed by atoms with Crippen molar-refractivity contribution in [2.75, 3.05) is 13.2 Å². The van der Waals surface area contributed by atoms with Gasteiger partial charge in [-0.25, -0.2) is 14.2 Å². The van der Waals surface area contributed by atoms with Crippen molar-refractivity contribution in [2.45, 2.75) is 51.4 Å². The van der Waals surface area contributed by atoms with Crippen LogP contribution in [0.4, 0.5) is 9.18 Å². The highest BCUT2D eigenvalue weighted by Gasteiger charge is 2.21. The van der Waals surface area contributed by atoms with Gasteiger partial charge >= 0.3 is 6.09 Å². The predicted octanol–water partition coefficient (Wildman–Crippen LogP) is 6.68. The Kier molecular flexibility index (Phi) is 10.5. The summed E-state index contributed by atoms with van der Waals surface area (Å²) in [4.78, 5) is 32.1. The van der Waals surface area contributed by atoms with Crippen LogP contribution in [0.5, 0.6) is 11.5 Å². The third-order valence-corrected chi connectivity index (χ3v) is 7.62. The van der Waals surface area contributed by atoms with Crippen molar-refractivity contribution in [3.8, 4) is 28.6 Å². The van der Waals surface area contributed by atoms with E-state index in [1.807, 2.05) is 30.3 Å². The summed E-state index contributed by atoms with van der Waals surface area (Å²) >= 11 is 0. The first-order valence-electron chi connectivity index (χ1n) is 15.2. The monoisotopic (exact) mass is 612 g/mol. The Labute approximate surface area is 260 Å². The van der Waals surface area contributed by atoms with Crippen LogP contribution in [0, 0.1) is 5.82 Å². The number of fused-ring (bicyclic) bond motifs is 1. The van der Waals surface area contributed by atoms with Gasteiger partial charge in [0.25, 0.3) is 5.56 Å². The van der Waals surface area contributed by atoms with E-state index in [4.69, 9.17) is 14.8 Å². The zero-order chi connectivity index (χ0) is 31.6.